The summed E-state index contributed by atoms with van der Waals surface area (Å²) in [6, 6.07) is 5.40. The van der Waals surface area contributed by atoms with Crippen molar-refractivity contribution in [2.75, 3.05) is 23.3 Å². The van der Waals surface area contributed by atoms with Crippen LogP contribution in [-0.4, -0.2) is 64.0 Å². The molecular weight excluding hydrogens is 538 g/mol. The molecule has 3 atom stereocenters. The molecule has 13 nitrogen and oxygen atoms in total. The zero-order valence-electron chi connectivity index (χ0n) is 21.8. The number of hydrogen-bond donors (Lipinski definition) is 2. The lowest BCUT2D eigenvalue weighted by atomic mass is 10.2. The second kappa shape index (κ2) is 8.64. The second-order valence-corrected chi connectivity index (χ2v) is 10.8. The van der Waals surface area contributed by atoms with Crippen LogP contribution in [0.1, 0.15) is 12.8 Å². The third-order valence-electron chi connectivity index (χ3n) is 8.50. The van der Waals surface area contributed by atoms with Crippen molar-refractivity contribution in [3.63, 3.8) is 0 Å². The summed E-state index contributed by atoms with van der Waals surface area (Å²) in [5.74, 6) is -2.83. The summed E-state index contributed by atoms with van der Waals surface area (Å²) < 4.78 is 30.7. The van der Waals surface area contributed by atoms with Gasteiger partial charge >= 0.3 is 5.69 Å². The zero-order chi connectivity index (χ0) is 28.7. The van der Waals surface area contributed by atoms with Crippen molar-refractivity contribution in [3.05, 3.63) is 57.9 Å². The van der Waals surface area contributed by atoms with E-state index in [0.29, 0.717) is 29.9 Å². The topological polar surface area (TPSA) is 160 Å². The minimum absolute atomic E-state index is 0.116. The van der Waals surface area contributed by atoms with Gasteiger partial charge in [0.2, 0.25) is 0 Å². The standard InChI is InChI=1S/C26H24F2N10O3/c1-35-21-20(22(39)37(7-6-29)24(35)41)38(13-32-21)25(4-5-25)23(40)34-18-10-30-9-17(33-18)14-2-3-19(31-8-14)36-11-15-16(12-36)26(15,27)28/h2-3,8-10,13,15-16,23,40H,4-5,7,11-12H2,1H3,(H,33,34). The highest BCUT2D eigenvalue weighted by Gasteiger charge is 2.71. The zero-order valence-corrected chi connectivity index (χ0v) is 21.8. The molecule has 0 spiro atoms. The molecular formula is C26H24F2N10O3. The lowest BCUT2D eigenvalue weighted by molar-refractivity contribution is 0.0797. The van der Waals surface area contributed by atoms with Gasteiger partial charge in [-0.25, -0.2) is 33.1 Å². The van der Waals surface area contributed by atoms with E-state index in [1.807, 2.05) is 11.0 Å². The van der Waals surface area contributed by atoms with Gasteiger partial charge in [-0.3, -0.25) is 14.3 Å². The number of aryl methyl sites for hydroxylation is 1. The monoisotopic (exact) mass is 562 g/mol. The molecule has 2 N–H and O–H groups in total. The minimum atomic E-state index is -2.55. The van der Waals surface area contributed by atoms with Crippen LogP contribution in [0.3, 0.4) is 0 Å². The number of hydrogen-bond acceptors (Lipinski definition) is 10. The first-order valence-corrected chi connectivity index (χ1v) is 13.1. The molecule has 4 aromatic heterocycles. The van der Waals surface area contributed by atoms with Gasteiger partial charge in [-0.1, -0.05) is 0 Å². The smallest absolute Gasteiger partial charge is 0.333 e. The van der Waals surface area contributed by atoms with Crippen LogP contribution in [0.25, 0.3) is 22.4 Å². The summed E-state index contributed by atoms with van der Waals surface area (Å²) in [6.45, 7) is 0.169. The van der Waals surface area contributed by atoms with Crippen LogP contribution in [0.15, 0.2) is 46.6 Å². The maximum Gasteiger partial charge on any atom is 0.333 e. The van der Waals surface area contributed by atoms with E-state index in [0.717, 1.165) is 4.57 Å². The van der Waals surface area contributed by atoms with Gasteiger partial charge in [0.25, 0.3) is 11.5 Å². The normalized spacial score (nSPS) is 22.3. The first-order chi connectivity index (χ1) is 19.7. The first-order valence-electron chi connectivity index (χ1n) is 13.1. The number of fused-ring (bicyclic) bond motifs is 2. The summed E-state index contributed by atoms with van der Waals surface area (Å²) in [7, 11) is 1.47. The molecule has 5 heterocycles. The Hall–Kier alpha value is -4.71. The van der Waals surface area contributed by atoms with Gasteiger partial charge < -0.3 is 19.9 Å². The highest BCUT2D eigenvalue weighted by atomic mass is 19.3. The van der Waals surface area contributed by atoms with Gasteiger partial charge in [0.15, 0.2) is 11.2 Å². The second-order valence-electron chi connectivity index (χ2n) is 10.8. The van der Waals surface area contributed by atoms with E-state index < -0.39 is 47.3 Å². The van der Waals surface area contributed by atoms with Crippen molar-refractivity contribution in [3.8, 4) is 17.3 Å². The number of anilines is 2. The van der Waals surface area contributed by atoms with Crippen molar-refractivity contribution in [2.24, 2.45) is 18.9 Å². The molecule has 0 aromatic carbocycles. The molecule has 3 unspecified atom stereocenters. The molecule has 4 aromatic rings. The lowest BCUT2D eigenvalue weighted by Crippen LogP contribution is -2.42. The Morgan fingerprint density at radius 1 is 1.17 bits per heavy atom. The SMILES string of the molecule is Cn1c(=O)n(CC#N)c(=O)c2c1ncn2C1(C(O)Nc2cncc(-c3ccc(N4CC5C(C4)C5(F)F)nc3)n2)CC1. The van der Waals surface area contributed by atoms with Crippen molar-refractivity contribution in [1.29, 1.82) is 5.26 Å². The highest BCUT2D eigenvalue weighted by molar-refractivity contribution is 5.71. The summed E-state index contributed by atoms with van der Waals surface area (Å²) in [4.78, 5) is 45.0. The average molecular weight is 563 g/mol. The predicted molar refractivity (Wildman–Crippen MR) is 141 cm³/mol. The van der Waals surface area contributed by atoms with E-state index in [9.17, 15) is 23.5 Å². The number of halogens is 2. The molecule has 3 fully saturated rings. The highest BCUT2D eigenvalue weighted by Crippen LogP contribution is 2.59. The number of pyridine rings is 1. The third-order valence-corrected chi connectivity index (χ3v) is 8.50. The quantitative estimate of drug-likeness (QED) is 0.310. The van der Waals surface area contributed by atoms with Crippen molar-refractivity contribution < 1.29 is 13.9 Å². The Morgan fingerprint density at radius 2 is 1.93 bits per heavy atom. The number of nitriles is 1. The Bertz CT molecular complexity index is 1840. The molecule has 7 rings (SSSR count). The number of aromatic nitrogens is 7. The van der Waals surface area contributed by atoms with Gasteiger partial charge in [0.05, 0.1) is 47.9 Å². The van der Waals surface area contributed by atoms with Gasteiger partial charge in [-0.15, -0.1) is 0 Å². The van der Waals surface area contributed by atoms with Crippen LogP contribution in [0.2, 0.25) is 0 Å². The Kier molecular flexibility index (Phi) is 5.33. The Balaban J connectivity index is 1.12. The number of nitrogens with one attached hydrogen (secondary N) is 1. The van der Waals surface area contributed by atoms with Crippen LogP contribution in [0.4, 0.5) is 20.4 Å². The van der Waals surface area contributed by atoms with Gasteiger partial charge in [0, 0.05) is 31.9 Å². The number of aliphatic hydroxyl groups is 1. The van der Waals surface area contributed by atoms with E-state index >= 15 is 0 Å². The number of imidazole rings is 1. The number of piperidine rings is 1. The molecule has 0 amide bonds. The van der Waals surface area contributed by atoms with Gasteiger partial charge in [-0.2, -0.15) is 5.26 Å². The fraction of sp³-hybridized carbons (Fsp3) is 0.423. The molecule has 0 bridgehead atoms. The van der Waals surface area contributed by atoms with Crippen LogP contribution in [0.5, 0.6) is 0 Å². The van der Waals surface area contributed by atoms with E-state index in [2.05, 4.69) is 25.3 Å². The van der Waals surface area contributed by atoms with E-state index in [4.69, 9.17) is 5.26 Å². The largest absolute Gasteiger partial charge is 0.371 e. The van der Waals surface area contributed by atoms with E-state index in [1.54, 1.807) is 29.1 Å². The van der Waals surface area contributed by atoms with Crippen molar-refractivity contribution in [1.82, 2.24) is 33.6 Å². The Morgan fingerprint density at radius 3 is 2.59 bits per heavy atom. The van der Waals surface area contributed by atoms with Crippen LogP contribution in [0, 0.1) is 23.2 Å². The van der Waals surface area contributed by atoms with E-state index in [1.165, 1.54) is 24.1 Å². The maximum atomic E-state index is 13.5. The van der Waals surface area contributed by atoms with Crippen molar-refractivity contribution >= 4 is 22.8 Å². The molecule has 210 valence electrons. The van der Waals surface area contributed by atoms with Gasteiger partial charge in [0.1, 0.15) is 24.4 Å². The maximum absolute atomic E-state index is 13.5. The van der Waals surface area contributed by atoms with Gasteiger partial charge in [-0.05, 0) is 25.0 Å². The summed E-state index contributed by atoms with van der Waals surface area (Å²) in [5, 5.41) is 23.3. The fourth-order valence-corrected chi connectivity index (χ4v) is 5.86. The summed E-state index contributed by atoms with van der Waals surface area (Å²) >= 11 is 0. The molecule has 15 heteroatoms. The number of nitrogens with zero attached hydrogens (tertiary/aromatic N) is 9. The van der Waals surface area contributed by atoms with Crippen LogP contribution in [-0.2, 0) is 19.1 Å². The van der Waals surface area contributed by atoms with Crippen LogP contribution >= 0.6 is 0 Å². The summed E-state index contributed by atoms with van der Waals surface area (Å²) in [5.41, 5.74) is -0.803. The van der Waals surface area contributed by atoms with Crippen LogP contribution < -0.4 is 21.5 Å². The minimum Gasteiger partial charge on any atom is -0.371 e. The third kappa shape index (κ3) is 3.74. The van der Waals surface area contributed by atoms with E-state index in [-0.39, 0.29) is 30.1 Å². The molecule has 1 aliphatic heterocycles. The average Bonchev–Trinajstić information content (AvgIpc) is 3.67. The first kappa shape index (κ1) is 25.3. The molecule has 0 radical (unpaired) electrons. The van der Waals surface area contributed by atoms with Crippen molar-refractivity contribution in [2.45, 2.75) is 37.1 Å². The fourth-order valence-electron chi connectivity index (χ4n) is 5.86. The molecule has 1 saturated heterocycles. The molecule has 41 heavy (non-hydrogen) atoms. The predicted octanol–water partition coefficient (Wildman–Crippen LogP) is 0.893. The molecule has 2 saturated carbocycles. The number of rotatable bonds is 7. The summed E-state index contributed by atoms with van der Waals surface area (Å²) in [6.07, 6.45) is 5.89. The molecule has 3 aliphatic rings. The molecule has 2 aliphatic carbocycles. The Labute approximate surface area is 230 Å². The number of aliphatic hydroxyl groups excluding tert-OH is 1. The lowest BCUT2D eigenvalue weighted by Gasteiger charge is -2.25. The number of alkyl halides is 2.